The standard InChI is InChI=1S/C25H26N6O2/c1-15-14-16(2)31-24(26-15)29-21(30-31)23(33)28-20-9-7-6-8-19(20)27-22(32)17-10-12-18(13-11-17)25(3,4)5/h6-14H,1-5H3,(H,27,32)(H,28,33). The molecule has 0 fully saturated rings. The van der Waals surface area contributed by atoms with Gasteiger partial charge in [-0.15, -0.1) is 5.10 Å². The van der Waals surface area contributed by atoms with Gasteiger partial charge in [0.1, 0.15) is 0 Å². The van der Waals surface area contributed by atoms with Crippen LogP contribution < -0.4 is 10.6 Å². The van der Waals surface area contributed by atoms with Gasteiger partial charge in [-0.25, -0.2) is 9.50 Å². The predicted molar refractivity (Wildman–Crippen MR) is 128 cm³/mol. The molecule has 0 radical (unpaired) electrons. The van der Waals surface area contributed by atoms with Crippen LogP contribution in [0.25, 0.3) is 5.78 Å². The summed E-state index contributed by atoms with van der Waals surface area (Å²) in [6.45, 7) is 10.1. The second kappa shape index (κ2) is 8.46. The van der Waals surface area contributed by atoms with Crippen LogP contribution >= 0.6 is 0 Å². The number of para-hydroxylation sites is 2. The number of hydrogen-bond acceptors (Lipinski definition) is 5. The van der Waals surface area contributed by atoms with Gasteiger partial charge in [0.15, 0.2) is 0 Å². The number of carbonyl (C=O) groups excluding carboxylic acids is 2. The summed E-state index contributed by atoms with van der Waals surface area (Å²) < 4.78 is 1.52. The molecule has 0 aliphatic carbocycles. The number of rotatable bonds is 4. The van der Waals surface area contributed by atoms with E-state index in [-0.39, 0.29) is 17.1 Å². The Kier molecular flexibility index (Phi) is 5.68. The van der Waals surface area contributed by atoms with Crippen LogP contribution in [0.3, 0.4) is 0 Å². The van der Waals surface area contributed by atoms with E-state index in [9.17, 15) is 9.59 Å². The Balaban J connectivity index is 1.53. The third-order valence-electron chi connectivity index (χ3n) is 5.26. The Morgan fingerprint density at radius 1 is 0.848 bits per heavy atom. The molecule has 0 atom stereocenters. The molecule has 0 aliphatic heterocycles. The molecule has 0 saturated heterocycles. The Morgan fingerprint density at radius 3 is 2.06 bits per heavy atom. The van der Waals surface area contributed by atoms with Gasteiger partial charge in [-0.1, -0.05) is 45.0 Å². The zero-order chi connectivity index (χ0) is 23.8. The van der Waals surface area contributed by atoms with Gasteiger partial charge < -0.3 is 10.6 Å². The molecule has 2 aromatic carbocycles. The minimum absolute atomic E-state index is 0.00454. The van der Waals surface area contributed by atoms with Crippen molar-refractivity contribution < 1.29 is 9.59 Å². The van der Waals surface area contributed by atoms with E-state index < -0.39 is 5.91 Å². The summed E-state index contributed by atoms with van der Waals surface area (Å²) in [6.07, 6.45) is 0. The van der Waals surface area contributed by atoms with Crippen molar-refractivity contribution in [3.8, 4) is 0 Å². The topological polar surface area (TPSA) is 101 Å². The molecule has 8 heteroatoms. The van der Waals surface area contributed by atoms with E-state index in [1.54, 1.807) is 36.4 Å². The van der Waals surface area contributed by atoms with Crippen LogP contribution in [0.4, 0.5) is 11.4 Å². The molecule has 2 heterocycles. The van der Waals surface area contributed by atoms with E-state index >= 15 is 0 Å². The molecule has 4 rings (SSSR count). The van der Waals surface area contributed by atoms with Gasteiger partial charge in [0, 0.05) is 17.0 Å². The minimum Gasteiger partial charge on any atom is -0.320 e. The maximum absolute atomic E-state index is 12.8. The minimum atomic E-state index is -0.492. The van der Waals surface area contributed by atoms with Crippen LogP contribution in [0, 0.1) is 13.8 Å². The first-order valence-electron chi connectivity index (χ1n) is 10.6. The average molecular weight is 443 g/mol. The van der Waals surface area contributed by atoms with E-state index in [4.69, 9.17) is 0 Å². The number of carbonyl (C=O) groups is 2. The molecule has 0 aliphatic rings. The maximum Gasteiger partial charge on any atom is 0.295 e. The summed E-state index contributed by atoms with van der Waals surface area (Å²) in [4.78, 5) is 34.2. The zero-order valence-corrected chi connectivity index (χ0v) is 19.3. The fourth-order valence-corrected chi connectivity index (χ4v) is 3.46. The van der Waals surface area contributed by atoms with E-state index in [2.05, 4.69) is 46.5 Å². The molecule has 0 spiro atoms. The van der Waals surface area contributed by atoms with Crippen molar-refractivity contribution in [2.45, 2.75) is 40.0 Å². The van der Waals surface area contributed by atoms with Crippen LogP contribution in [0.1, 0.15) is 58.7 Å². The van der Waals surface area contributed by atoms with E-state index in [0.29, 0.717) is 22.7 Å². The second-order valence-electron chi connectivity index (χ2n) is 8.97. The number of aryl methyl sites for hydroxylation is 2. The number of hydrogen-bond donors (Lipinski definition) is 2. The van der Waals surface area contributed by atoms with Gasteiger partial charge in [-0.05, 0) is 55.2 Å². The van der Waals surface area contributed by atoms with Crippen LogP contribution in [0.15, 0.2) is 54.6 Å². The van der Waals surface area contributed by atoms with Crippen molar-refractivity contribution in [3.63, 3.8) is 0 Å². The lowest BCUT2D eigenvalue weighted by atomic mass is 9.87. The predicted octanol–water partition coefficient (Wildman–Crippen LogP) is 4.54. The summed E-state index contributed by atoms with van der Waals surface area (Å²) in [7, 11) is 0. The molecule has 2 N–H and O–H groups in total. The van der Waals surface area contributed by atoms with Crippen LogP contribution in [-0.2, 0) is 5.41 Å². The smallest absolute Gasteiger partial charge is 0.295 e. The van der Waals surface area contributed by atoms with Gasteiger partial charge in [-0.2, -0.15) is 4.98 Å². The first-order valence-corrected chi connectivity index (χ1v) is 10.6. The quantitative estimate of drug-likeness (QED) is 0.483. The number of aromatic nitrogens is 4. The van der Waals surface area contributed by atoms with Crippen molar-refractivity contribution >= 4 is 29.0 Å². The highest BCUT2D eigenvalue weighted by Gasteiger charge is 2.18. The van der Waals surface area contributed by atoms with E-state index in [1.807, 2.05) is 32.0 Å². The molecule has 8 nitrogen and oxygen atoms in total. The number of nitrogens with zero attached hydrogens (tertiary/aromatic N) is 4. The molecule has 4 aromatic rings. The van der Waals surface area contributed by atoms with E-state index in [1.165, 1.54) is 4.52 Å². The summed E-state index contributed by atoms with van der Waals surface area (Å²) in [5, 5.41) is 9.92. The molecule has 2 aromatic heterocycles. The van der Waals surface area contributed by atoms with Gasteiger partial charge in [0.25, 0.3) is 17.6 Å². The van der Waals surface area contributed by atoms with Gasteiger partial charge in [0.05, 0.1) is 11.4 Å². The summed E-state index contributed by atoms with van der Waals surface area (Å²) in [5.74, 6) is -0.403. The maximum atomic E-state index is 12.8. The van der Waals surface area contributed by atoms with Crippen LogP contribution in [-0.4, -0.2) is 31.4 Å². The van der Waals surface area contributed by atoms with Crippen LogP contribution in [0.2, 0.25) is 0 Å². The Bertz CT molecular complexity index is 1350. The molecular weight excluding hydrogens is 416 g/mol. The highest BCUT2D eigenvalue weighted by molar-refractivity contribution is 6.09. The Hall–Kier alpha value is -4.07. The highest BCUT2D eigenvalue weighted by atomic mass is 16.2. The summed E-state index contributed by atoms with van der Waals surface area (Å²) >= 11 is 0. The van der Waals surface area contributed by atoms with Gasteiger partial charge in [-0.3, -0.25) is 9.59 Å². The summed E-state index contributed by atoms with van der Waals surface area (Å²) in [5.41, 5.74) is 4.23. The summed E-state index contributed by atoms with van der Waals surface area (Å²) in [6, 6.07) is 16.4. The normalized spacial score (nSPS) is 11.4. The van der Waals surface area contributed by atoms with Crippen molar-refractivity contribution in [1.29, 1.82) is 0 Å². The zero-order valence-electron chi connectivity index (χ0n) is 19.3. The monoisotopic (exact) mass is 442 g/mol. The lowest BCUT2D eigenvalue weighted by Crippen LogP contribution is -2.18. The third-order valence-corrected chi connectivity index (χ3v) is 5.26. The first kappa shape index (κ1) is 22.1. The number of amides is 2. The number of nitrogens with one attached hydrogen (secondary N) is 2. The van der Waals surface area contributed by atoms with E-state index in [0.717, 1.165) is 17.0 Å². The lowest BCUT2D eigenvalue weighted by Gasteiger charge is -2.19. The molecule has 33 heavy (non-hydrogen) atoms. The second-order valence-corrected chi connectivity index (χ2v) is 8.97. The number of benzene rings is 2. The molecule has 0 saturated carbocycles. The van der Waals surface area contributed by atoms with Crippen molar-refractivity contribution in [3.05, 3.63) is 82.9 Å². The Morgan fingerprint density at radius 2 is 1.45 bits per heavy atom. The SMILES string of the molecule is Cc1cc(C)n2nc(C(=O)Nc3ccccc3NC(=O)c3ccc(C(C)(C)C)cc3)nc2n1. The van der Waals surface area contributed by atoms with Gasteiger partial charge in [0.2, 0.25) is 5.82 Å². The third kappa shape index (κ3) is 4.74. The van der Waals surface area contributed by atoms with Crippen molar-refractivity contribution in [2.24, 2.45) is 0 Å². The largest absolute Gasteiger partial charge is 0.320 e. The van der Waals surface area contributed by atoms with Gasteiger partial charge >= 0.3 is 0 Å². The fourth-order valence-electron chi connectivity index (χ4n) is 3.46. The number of fused-ring (bicyclic) bond motifs is 1. The molecule has 168 valence electrons. The molecular formula is C25H26N6O2. The average Bonchev–Trinajstić information content (AvgIpc) is 3.19. The van der Waals surface area contributed by atoms with Crippen LogP contribution in [0.5, 0.6) is 0 Å². The number of anilines is 2. The molecule has 0 unspecified atom stereocenters. The molecule has 2 amide bonds. The molecule has 0 bridgehead atoms. The Labute approximate surface area is 192 Å². The van der Waals surface area contributed by atoms with Crippen molar-refractivity contribution in [2.75, 3.05) is 10.6 Å². The first-order chi connectivity index (χ1) is 15.6. The lowest BCUT2D eigenvalue weighted by molar-refractivity contribution is 0.101. The van der Waals surface area contributed by atoms with Crippen molar-refractivity contribution in [1.82, 2.24) is 19.6 Å². The fraction of sp³-hybridized carbons (Fsp3) is 0.240. The highest BCUT2D eigenvalue weighted by Crippen LogP contribution is 2.24.